The normalized spacial score (nSPS) is 22.2. The second kappa shape index (κ2) is 4.52. The largest absolute Gasteiger partial charge is 0.224 e. The Bertz CT molecular complexity index is 720. The average Bonchev–Trinajstić information content (AvgIpc) is 2.63. The summed E-state index contributed by atoms with van der Waals surface area (Å²) in [7, 11) is -7.18. The number of benzene rings is 1. The van der Waals surface area contributed by atoms with Crippen molar-refractivity contribution in [3.05, 3.63) is 39.7 Å². The predicted octanol–water partition coefficient (Wildman–Crippen LogP) is 2.08. The van der Waals surface area contributed by atoms with Crippen molar-refractivity contribution in [3.8, 4) is 0 Å². The van der Waals surface area contributed by atoms with E-state index in [-0.39, 0.29) is 14.9 Å². The van der Waals surface area contributed by atoms with Crippen LogP contribution in [0.25, 0.3) is 0 Å². The highest BCUT2D eigenvalue weighted by molar-refractivity contribution is 7.98. The van der Waals surface area contributed by atoms with Gasteiger partial charge in [-0.25, -0.2) is 16.8 Å². The van der Waals surface area contributed by atoms with E-state index < -0.39 is 30.7 Å². The van der Waals surface area contributed by atoms with Crippen LogP contribution in [0, 0.1) is 0 Å². The minimum Gasteiger partial charge on any atom is -0.224 e. The van der Waals surface area contributed by atoms with Crippen molar-refractivity contribution in [1.82, 2.24) is 0 Å². The molecule has 1 aliphatic heterocycles. The Morgan fingerprint density at radius 3 is 2.33 bits per heavy atom. The van der Waals surface area contributed by atoms with E-state index in [1.165, 1.54) is 24.3 Å². The van der Waals surface area contributed by atoms with Gasteiger partial charge in [0, 0.05) is 5.41 Å². The van der Waals surface area contributed by atoms with Gasteiger partial charge in [-0.2, -0.15) is 0 Å². The molecule has 1 atom stereocenters. The monoisotopic (exact) mass is 326 g/mol. The van der Waals surface area contributed by atoms with E-state index in [1.807, 2.05) is 0 Å². The molecule has 0 aliphatic carbocycles. The van der Waals surface area contributed by atoms with E-state index >= 15 is 0 Å². The number of sulfone groups is 2. The van der Waals surface area contributed by atoms with Gasteiger partial charge in [0.05, 0.1) is 25.9 Å². The van der Waals surface area contributed by atoms with Gasteiger partial charge >= 0.3 is 0 Å². The summed E-state index contributed by atoms with van der Waals surface area (Å²) in [4.78, 5) is -0.0383. The zero-order valence-electron chi connectivity index (χ0n) is 8.88. The molecular weight excluding hydrogens is 319 g/mol. The minimum absolute atomic E-state index is 0.0383. The van der Waals surface area contributed by atoms with Crippen LogP contribution in [0.2, 0.25) is 10.0 Å². The summed E-state index contributed by atoms with van der Waals surface area (Å²) in [5.41, 5.74) is 0. The van der Waals surface area contributed by atoms with Gasteiger partial charge in [0.15, 0.2) is 19.7 Å². The first-order valence-electron chi connectivity index (χ1n) is 4.82. The number of halogens is 2. The zero-order chi connectivity index (χ0) is 13.6. The van der Waals surface area contributed by atoms with E-state index in [4.69, 9.17) is 23.2 Å². The molecule has 1 aromatic rings. The number of rotatable bonds is 2. The molecule has 1 aliphatic rings. The van der Waals surface area contributed by atoms with Crippen LogP contribution in [-0.4, -0.2) is 27.8 Å². The summed E-state index contributed by atoms with van der Waals surface area (Å²) in [6, 6.07) is 3.89. The van der Waals surface area contributed by atoms with Crippen LogP contribution >= 0.6 is 23.2 Å². The summed E-state index contributed by atoms with van der Waals surface area (Å²) in [6.07, 6.45) is 1.17. The molecule has 4 nitrogen and oxygen atoms in total. The van der Waals surface area contributed by atoms with Gasteiger partial charge in [0.1, 0.15) is 0 Å². The second-order valence-electron chi connectivity index (χ2n) is 3.82. The van der Waals surface area contributed by atoms with Crippen molar-refractivity contribution >= 4 is 42.9 Å². The molecule has 0 bridgehead atoms. The van der Waals surface area contributed by atoms with E-state index in [9.17, 15) is 16.8 Å². The van der Waals surface area contributed by atoms with Crippen molar-refractivity contribution in [2.45, 2.75) is 10.1 Å². The van der Waals surface area contributed by atoms with Gasteiger partial charge in [-0.15, -0.1) is 0 Å². The maximum atomic E-state index is 12.2. The van der Waals surface area contributed by atoms with Gasteiger partial charge in [0.2, 0.25) is 0 Å². The SMILES string of the molecule is O=S1(=O)C=C[C@@H](S(=O)(=O)c2ccc(Cl)c(Cl)c2)C1. The summed E-state index contributed by atoms with van der Waals surface area (Å²) in [6.45, 7) is 0. The van der Waals surface area contributed by atoms with Crippen molar-refractivity contribution in [3.63, 3.8) is 0 Å². The third kappa shape index (κ3) is 2.56. The molecule has 0 saturated carbocycles. The number of hydrogen-bond acceptors (Lipinski definition) is 4. The fourth-order valence-electron chi connectivity index (χ4n) is 1.57. The van der Waals surface area contributed by atoms with Crippen LogP contribution in [0.4, 0.5) is 0 Å². The first-order chi connectivity index (χ1) is 8.22. The van der Waals surface area contributed by atoms with E-state index in [2.05, 4.69) is 0 Å². The standard InChI is InChI=1S/C10H8Cl2O4S2/c11-9-2-1-7(5-10(9)12)18(15,16)8-3-4-17(13,14)6-8/h1-5,8H,6H2/t8-/m1/s1. The molecule has 1 aromatic carbocycles. The Kier molecular flexibility index (Phi) is 3.48. The zero-order valence-corrected chi connectivity index (χ0v) is 12.0. The molecule has 0 N–H and O–H groups in total. The Morgan fingerprint density at radius 1 is 1.17 bits per heavy atom. The first-order valence-corrected chi connectivity index (χ1v) is 8.84. The minimum atomic E-state index is -3.76. The highest BCUT2D eigenvalue weighted by Crippen LogP contribution is 2.28. The van der Waals surface area contributed by atoms with Gasteiger partial charge in [-0.05, 0) is 18.2 Å². The maximum absolute atomic E-state index is 12.2. The van der Waals surface area contributed by atoms with Crippen LogP contribution in [0.15, 0.2) is 34.6 Å². The Hall–Kier alpha value is -0.560. The fraction of sp³-hybridized carbons (Fsp3) is 0.200. The molecule has 1 heterocycles. The van der Waals surface area contributed by atoms with Gasteiger partial charge < -0.3 is 0 Å². The van der Waals surface area contributed by atoms with Crippen LogP contribution in [0.1, 0.15) is 0 Å². The van der Waals surface area contributed by atoms with Crippen molar-refractivity contribution in [1.29, 1.82) is 0 Å². The van der Waals surface area contributed by atoms with Crippen molar-refractivity contribution in [2.24, 2.45) is 0 Å². The lowest BCUT2D eigenvalue weighted by atomic mass is 10.4. The van der Waals surface area contributed by atoms with Gasteiger partial charge in [-0.1, -0.05) is 29.3 Å². The van der Waals surface area contributed by atoms with Gasteiger partial charge in [0.25, 0.3) is 0 Å². The molecule has 18 heavy (non-hydrogen) atoms. The van der Waals surface area contributed by atoms with Crippen LogP contribution < -0.4 is 0 Å². The Labute approximate surface area is 115 Å². The molecule has 0 radical (unpaired) electrons. The molecule has 98 valence electrons. The quantitative estimate of drug-likeness (QED) is 0.834. The molecule has 8 heteroatoms. The summed E-state index contributed by atoms with van der Waals surface area (Å²) < 4.78 is 46.8. The van der Waals surface area contributed by atoms with E-state index in [0.29, 0.717) is 0 Å². The summed E-state index contributed by atoms with van der Waals surface area (Å²) in [5.74, 6) is -0.435. The maximum Gasteiger partial charge on any atom is 0.185 e. The summed E-state index contributed by atoms with van der Waals surface area (Å²) in [5, 5.41) is 0.208. The molecule has 2 rings (SSSR count). The molecule has 0 unspecified atom stereocenters. The molecule has 0 saturated heterocycles. The summed E-state index contributed by atoms with van der Waals surface area (Å²) >= 11 is 11.4. The van der Waals surface area contributed by atoms with Gasteiger partial charge in [-0.3, -0.25) is 0 Å². The lowest BCUT2D eigenvalue weighted by Gasteiger charge is -2.09. The molecule has 0 spiro atoms. The smallest absolute Gasteiger partial charge is 0.185 e. The topological polar surface area (TPSA) is 68.3 Å². The lowest BCUT2D eigenvalue weighted by Crippen LogP contribution is -2.22. The lowest BCUT2D eigenvalue weighted by molar-refractivity contribution is 0.587. The first kappa shape index (κ1) is 13.9. The predicted molar refractivity (Wildman–Crippen MR) is 70.4 cm³/mol. The molecular formula is C10H8Cl2O4S2. The highest BCUT2D eigenvalue weighted by atomic mass is 35.5. The molecule has 0 amide bonds. The Morgan fingerprint density at radius 2 is 1.83 bits per heavy atom. The second-order valence-corrected chi connectivity index (χ2v) is 8.73. The fourth-order valence-corrected chi connectivity index (χ4v) is 5.60. The molecule has 0 aromatic heterocycles. The average molecular weight is 327 g/mol. The van der Waals surface area contributed by atoms with Crippen molar-refractivity contribution < 1.29 is 16.8 Å². The Balaban J connectivity index is 2.44. The molecule has 0 fully saturated rings. The van der Waals surface area contributed by atoms with E-state index in [0.717, 1.165) is 5.41 Å². The number of hydrogen-bond donors (Lipinski definition) is 0. The van der Waals surface area contributed by atoms with Crippen LogP contribution in [0.5, 0.6) is 0 Å². The van der Waals surface area contributed by atoms with Crippen LogP contribution in [0.3, 0.4) is 0 Å². The van der Waals surface area contributed by atoms with Crippen molar-refractivity contribution in [2.75, 3.05) is 5.75 Å². The van der Waals surface area contributed by atoms with E-state index in [1.54, 1.807) is 0 Å². The third-order valence-corrected chi connectivity index (χ3v) is 6.89. The highest BCUT2D eigenvalue weighted by Gasteiger charge is 2.33. The van der Waals surface area contributed by atoms with Crippen LogP contribution in [-0.2, 0) is 19.7 Å². The third-order valence-electron chi connectivity index (χ3n) is 2.52.